The van der Waals surface area contributed by atoms with E-state index in [-0.39, 0.29) is 12.5 Å². The lowest BCUT2D eigenvalue weighted by molar-refractivity contribution is 0.170. The summed E-state index contributed by atoms with van der Waals surface area (Å²) in [5.41, 5.74) is 5.87. The molecule has 0 aromatic heterocycles. The molecule has 2 nitrogen and oxygen atoms in total. The van der Waals surface area contributed by atoms with Gasteiger partial charge in [0.2, 0.25) is 0 Å². The molecule has 0 aliphatic heterocycles. The predicted octanol–water partition coefficient (Wildman–Crippen LogP) is 5.70. The van der Waals surface area contributed by atoms with Gasteiger partial charge in [0, 0.05) is 40.5 Å². The van der Waals surface area contributed by atoms with Crippen molar-refractivity contribution < 1.29 is 9.53 Å². The zero-order valence-corrected chi connectivity index (χ0v) is 16.2. The van der Waals surface area contributed by atoms with Gasteiger partial charge in [0.1, 0.15) is 6.61 Å². The average molecular weight is 387 g/mol. The highest BCUT2D eigenvalue weighted by Crippen LogP contribution is 2.45. The normalized spacial score (nSPS) is 16.9. The van der Waals surface area contributed by atoms with E-state index < -0.39 is 5.43 Å². The average Bonchev–Trinajstić information content (AvgIpc) is 3.60. The van der Waals surface area contributed by atoms with E-state index in [0.29, 0.717) is 11.8 Å². The lowest BCUT2D eigenvalue weighted by Gasteiger charge is -2.13. The molecule has 5 rings (SSSR count). The Labute approximate surface area is 170 Å². The minimum absolute atomic E-state index is 0.0435. The molecule has 3 heteroatoms. The fraction of sp³-hybridized carbons (Fsp3) is 0.320. The van der Waals surface area contributed by atoms with Crippen LogP contribution in [0.15, 0.2) is 36.4 Å². The minimum atomic E-state index is -0.774. The number of benzene rings is 2. The molecule has 0 bridgehead atoms. The summed E-state index contributed by atoms with van der Waals surface area (Å²) in [6, 6.07) is 12.7. The number of halogens is 1. The Balaban J connectivity index is 1.53. The zero-order chi connectivity index (χ0) is 19.1. The van der Waals surface area contributed by atoms with E-state index in [1.165, 1.54) is 36.8 Å². The molecular weight excluding hydrogens is 368 g/mol. The van der Waals surface area contributed by atoms with Crippen molar-refractivity contribution in [3.63, 3.8) is 0 Å². The van der Waals surface area contributed by atoms with E-state index in [0.717, 1.165) is 22.3 Å². The van der Waals surface area contributed by atoms with Gasteiger partial charge >= 0.3 is 5.43 Å². The zero-order valence-electron chi connectivity index (χ0n) is 15.4. The van der Waals surface area contributed by atoms with Crippen LogP contribution in [0.25, 0.3) is 11.1 Å². The number of ether oxygens (including phenoxy) is 1. The van der Waals surface area contributed by atoms with Crippen LogP contribution in [0.2, 0.25) is 0 Å². The second-order valence-electron chi connectivity index (χ2n) is 7.79. The van der Waals surface area contributed by atoms with Gasteiger partial charge in [0.25, 0.3) is 0 Å². The maximum Gasteiger partial charge on any atom is 0.403 e. The number of hydrogen-bond donors (Lipinski definition) is 0. The first-order chi connectivity index (χ1) is 13.7. The summed E-state index contributed by atoms with van der Waals surface area (Å²) in [4.78, 5) is 11.2. The van der Waals surface area contributed by atoms with E-state index in [4.69, 9.17) is 16.3 Å². The number of carbonyl (C=O) groups excluding carboxylic acids is 1. The van der Waals surface area contributed by atoms with Gasteiger partial charge in [-0.15, -0.1) is 0 Å². The quantitative estimate of drug-likeness (QED) is 0.489. The van der Waals surface area contributed by atoms with Crippen molar-refractivity contribution >= 4 is 17.0 Å². The minimum Gasteiger partial charge on any atom is -0.453 e. The molecule has 28 heavy (non-hydrogen) atoms. The van der Waals surface area contributed by atoms with Gasteiger partial charge in [0.05, 0.1) is 0 Å². The third-order valence-corrected chi connectivity index (χ3v) is 5.61. The second-order valence-corrected chi connectivity index (χ2v) is 8.10. The van der Waals surface area contributed by atoms with Gasteiger partial charge in [-0.05, 0) is 72.2 Å². The van der Waals surface area contributed by atoms with E-state index in [1.807, 2.05) is 0 Å². The van der Waals surface area contributed by atoms with E-state index in [2.05, 4.69) is 60.1 Å². The molecule has 0 heterocycles. The third-order valence-electron chi connectivity index (χ3n) is 5.50. The first-order valence-electron chi connectivity index (χ1n) is 9.81. The highest BCUT2D eigenvalue weighted by molar-refractivity contribution is 6.61. The maximum absolute atomic E-state index is 11.2. The molecule has 2 fully saturated rings. The molecule has 138 valence electrons. The smallest absolute Gasteiger partial charge is 0.403 e. The summed E-state index contributed by atoms with van der Waals surface area (Å²) >= 11 is 5.45. The van der Waals surface area contributed by atoms with E-state index in [1.54, 1.807) is 0 Å². The van der Waals surface area contributed by atoms with Crippen molar-refractivity contribution in [1.29, 1.82) is 0 Å². The van der Waals surface area contributed by atoms with Gasteiger partial charge < -0.3 is 4.74 Å². The van der Waals surface area contributed by atoms with Gasteiger partial charge in [0.15, 0.2) is 0 Å². The van der Waals surface area contributed by atoms with Crippen molar-refractivity contribution in [1.82, 2.24) is 0 Å². The second kappa shape index (κ2) is 7.05. The summed E-state index contributed by atoms with van der Waals surface area (Å²) in [5.74, 6) is 14.3. The number of fused-ring (bicyclic) bond motifs is 3. The Bertz CT molecular complexity index is 1010. The van der Waals surface area contributed by atoms with Crippen molar-refractivity contribution in [3.05, 3.63) is 58.7 Å². The predicted molar refractivity (Wildman–Crippen MR) is 110 cm³/mol. The van der Waals surface area contributed by atoms with Crippen LogP contribution in [0.1, 0.15) is 53.9 Å². The Morgan fingerprint density at radius 1 is 0.893 bits per heavy atom. The Hall–Kier alpha value is -2.68. The Morgan fingerprint density at radius 3 is 1.82 bits per heavy atom. The molecule has 0 N–H and O–H groups in total. The molecule has 3 aliphatic rings. The first-order valence-corrected chi connectivity index (χ1v) is 10.2. The highest BCUT2D eigenvalue weighted by atomic mass is 35.5. The topological polar surface area (TPSA) is 26.3 Å². The van der Waals surface area contributed by atoms with E-state index >= 15 is 0 Å². The molecule has 0 amide bonds. The van der Waals surface area contributed by atoms with Crippen LogP contribution in [0, 0.1) is 35.5 Å². The highest BCUT2D eigenvalue weighted by Gasteiger charge is 2.30. The Kier molecular flexibility index (Phi) is 4.38. The summed E-state index contributed by atoms with van der Waals surface area (Å²) < 4.78 is 5.19. The van der Waals surface area contributed by atoms with Crippen molar-refractivity contribution in [3.8, 4) is 34.8 Å². The van der Waals surface area contributed by atoms with Gasteiger partial charge in [-0.1, -0.05) is 35.8 Å². The standard InChI is InChI=1S/C25H19ClO2/c26-25(27)28-15-24-22-13-18(7-5-16-1-2-16)9-11-20(22)21-12-10-19(14-23(21)24)8-6-17-3-4-17/h9-14,16-17,24H,1-4,15H2. The number of hydrogen-bond acceptors (Lipinski definition) is 2. The molecular formula is C25H19ClO2. The third kappa shape index (κ3) is 3.66. The SMILES string of the molecule is O=C(Cl)OCC1c2cc(C#CC3CC3)ccc2-c2ccc(C#CC3CC3)cc21. The van der Waals surface area contributed by atoms with Crippen LogP contribution in [-0.4, -0.2) is 12.0 Å². The Morgan fingerprint density at radius 2 is 1.39 bits per heavy atom. The van der Waals surface area contributed by atoms with Crippen LogP contribution in [-0.2, 0) is 4.74 Å². The van der Waals surface area contributed by atoms with Crippen molar-refractivity contribution in [2.75, 3.05) is 6.61 Å². The summed E-state index contributed by atoms with van der Waals surface area (Å²) in [5, 5.41) is 0. The molecule has 3 aliphatic carbocycles. The monoisotopic (exact) mass is 386 g/mol. The number of carbonyl (C=O) groups is 1. The van der Waals surface area contributed by atoms with Crippen LogP contribution in [0.4, 0.5) is 4.79 Å². The molecule has 0 saturated heterocycles. The number of rotatable bonds is 2. The van der Waals surface area contributed by atoms with Gasteiger partial charge in [-0.3, -0.25) is 0 Å². The van der Waals surface area contributed by atoms with Crippen LogP contribution in [0.5, 0.6) is 0 Å². The molecule has 0 unspecified atom stereocenters. The van der Waals surface area contributed by atoms with Gasteiger partial charge in [-0.2, -0.15) is 0 Å². The lowest BCUT2D eigenvalue weighted by Crippen LogP contribution is -2.08. The molecule has 2 aromatic carbocycles. The molecule has 0 atom stereocenters. The van der Waals surface area contributed by atoms with Crippen molar-refractivity contribution in [2.45, 2.75) is 31.6 Å². The molecule has 0 radical (unpaired) electrons. The van der Waals surface area contributed by atoms with Crippen LogP contribution < -0.4 is 0 Å². The molecule has 0 spiro atoms. The fourth-order valence-electron chi connectivity index (χ4n) is 3.67. The van der Waals surface area contributed by atoms with E-state index in [9.17, 15) is 4.79 Å². The van der Waals surface area contributed by atoms with Crippen molar-refractivity contribution in [2.24, 2.45) is 11.8 Å². The largest absolute Gasteiger partial charge is 0.453 e. The molecule has 2 saturated carbocycles. The lowest BCUT2D eigenvalue weighted by atomic mass is 9.95. The summed E-state index contributed by atoms with van der Waals surface area (Å²) in [6.45, 7) is 0.224. The fourth-order valence-corrected chi connectivity index (χ4v) is 3.73. The van der Waals surface area contributed by atoms with Crippen LogP contribution in [0.3, 0.4) is 0 Å². The summed E-state index contributed by atoms with van der Waals surface area (Å²) in [6.07, 6.45) is 4.84. The first kappa shape index (κ1) is 17.4. The van der Waals surface area contributed by atoms with Crippen LogP contribution >= 0.6 is 11.6 Å². The molecule has 2 aromatic rings. The van der Waals surface area contributed by atoms with Gasteiger partial charge in [-0.25, -0.2) is 4.79 Å². The summed E-state index contributed by atoms with van der Waals surface area (Å²) in [7, 11) is 0. The maximum atomic E-state index is 11.2.